The van der Waals surface area contributed by atoms with Crippen molar-refractivity contribution in [3.8, 4) is 0 Å². The molecule has 0 bridgehead atoms. The van der Waals surface area contributed by atoms with Gasteiger partial charge in [-0.15, -0.1) is 0 Å². The third kappa shape index (κ3) is 4.21. The van der Waals surface area contributed by atoms with E-state index in [0.717, 1.165) is 0 Å². The molecule has 88 valence electrons. The van der Waals surface area contributed by atoms with Crippen LogP contribution >= 0.6 is 0 Å². The van der Waals surface area contributed by atoms with Crippen LogP contribution in [0.3, 0.4) is 0 Å². The molecule has 4 nitrogen and oxygen atoms in total. The summed E-state index contributed by atoms with van der Waals surface area (Å²) in [6.45, 7) is 6.04. The molecular weight excluding hydrogens is 202 g/mol. The number of anilines is 3. The first-order valence-electron chi connectivity index (χ1n) is 5.22. The second-order valence-corrected chi connectivity index (χ2v) is 5.17. The molecule has 0 spiro atoms. The molecule has 1 rings (SSSR count). The second kappa shape index (κ2) is 4.43. The maximum atomic E-state index is 11.7. The first-order chi connectivity index (χ1) is 7.26. The lowest BCUT2D eigenvalue weighted by Gasteiger charge is -2.17. The Morgan fingerprint density at radius 2 is 1.69 bits per heavy atom. The van der Waals surface area contributed by atoms with Crippen molar-refractivity contribution >= 4 is 23.0 Å². The zero-order chi connectivity index (χ0) is 12.3. The summed E-state index contributed by atoms with van der Waals surface area (Å²) in [4.78, 5) is 11.7. The molecule has 1 amide bonds. The summed E-state index contributed by atoms with van der Waals surface area (Å²) >= 11 is 0. The zero-order valence-electron chi connectivity index (χ0n) is 10.0. The summed E-state index contributed by atoms with van der Waals surface area (Å²) in [7, 11) is 0. The van der Waals surface area contributed by atoms with E-state index in [1.165, 1.54) is 0 Å². The van der Waals surface area contributed by atoms with E-state index >= 15 is 0 Å². The van der Waals surface area contributed by atoms with Crippen molar-refractivity contribution in [2.45, 2.75) is 27.2 Å². The normalized spacial score (nSPS) is 11.2. The second-order valence-electron chi connectivity index (χ2n) is 5.17. The van der Waals surface area contributed by atoms with E-state index in [9.17, 15) is 4.79 Å². The van der Waals surface area contributed by atoms with Gasteiger partial charge in [-0.2, -0.15) is 0 Å². The number of nitrogen functional groups attached to an aromatic ring is 2. The van der Waals surface area contributed by atoms with Crippen LogP contribution in [0.4, 0.5) is 17.1 Å². The number of nitrogens with one attached hydrogen (secondary N) is 1. The summed E-state index contributed by atoms with van der Waals surface area (Å²) in [6, 6.07) is 5.03. The summed E-state index contributed by atoms with van der Waals surface area (Å²) in [6.07, 6.45) is 0.460. The van der Waals surface area contributed by atoms with Crippen LogP contribution in [-0.2, 0) is 4.79 Å². The van der Waals surface area contributed by atoms with Crippen LogP contribution in [0, 0.1) is 5.41 Å². The van der Waals surface area contributed by atoms with Crippen molar-refractivity contribution in [1.29, 1.82) is 0 Å². The van der Waals surface area contributed by atoms with Gasteiger partial charge in [-0.25, -0.2) is 0 Å². The van der Waals surface area contributed by atoms with E-state index in [-0.39, 0.29) is 11.3 Å². The van der Waals surface area contributed by atoms with Crippen LogP contribution in [0.1, 0.15) is 27.2 Å². The van der Waals surface area contributed by atoms with Crippen LogP contribution in [0.5, 0.6) is 0 Å². The van der Waals surface area contributed by atoms with Crippen molar-refractivity contribution in [1.82, 2.24) is 0 Å². The topological polar surface area (TPSA) is 81.1 Å². The van der Waals surface area contributed by atoms with Gasteiger partial charge in [0.05, 0.1) is 0 Å². The number of carbonyl (C=O) groups excluding carboxylic acids is 1. The minimum absolute atomic E-state index is 0.0301. The molecule has 0 aliphatic rings. The molecule has 4 heteroatoms. The van der Waals surface area contributed by atoms with E-state index in [2.05, 4.69) is 5.32 Å². The highest BCUT2D eigenvalue weighted by atomic mass is 16.1. The molecule has 1 aromatic rings. The van der Waals surface area contributed by atoms with Crippen molar-refractivity contribution in [2.24, 2.45) is 5.41 Å². The third-order valence-corrected chi connectivity index (χ3v) is 1.95. The van der Waals surface area contributed by atoms with Gasteiger partial charge in [0.25, 0.3) is 0 Å². The van der Waals surface area contributed by atoms with Crippen molar-refractivity contribution in [3.63, 3.8) is 0 Å². The molecule has 0 unspecified atom stereocenters. The monoisotopic (exact) mass is 221 g/mol. The minimum atomic E-state index is -0.0318. The van der Waals surface area contributed by atoms with Crippen molar-refractivity contribution in [3.05, 3.63) is 18.2 Å². The Labute approximate surface area is 96.0 Å². The standard InChI is InChI=1S/C12H19N3O/c1-12(2,3)7-11(16)15-10-5-8(13)4-9(14)6-10/h4-6H,7,13-14H2,1-3H3,(H,15,16). The molecule has 0 aromatic heterocycles. The van der Waals surface area contributed by atoms with Crippen LogP contribution in [0.15, 0.2) is 18.2 Å². The van der Waals surface area contributed by atoms with Gasteiger partial charge in [0.1, 0.15) is 0 Å². The fourth-order valence-electron chi connectivity index (χ4n) is 1.44. The lowest BCUT2D eigenvalue weighted by Crippen LogP contribution is -2.19. The van der Waals surface area contributed by atoms with Crippen molar-refractivity contribution in [2.75, 3.05) is 16.8 Å². The quantitative estimate of drug-likeness (QED) is 0.670. The average Bonchev–Trinajstić information content (AvgIpc) is 1.96. The van der Waals surface area contributed by atoms with Gasteiger partial charge in [0, 0.05) is 23.5 Å². The molecule has 0 radical (unpaired) electrons. The maximum absolute atomic E-state index is 11.7. The van der Waals surface area contributed by atoms with Gasteiger partial charge >= 0.3 is 0 Å². The number of hydrogen-bond acceptors (Lipinski definition) is 3. The first-order valence-corrected chi connectivity index (χ1v) is 5.22. The molecule has 1 aromatic carbocycles. The van der Waals surface area contributed by atoms with Crippen LogP contribution in [0.2, 0.25) is 0 Å². The van der Waals surface area contributed by atoms with Crippen LogP contribution in [0.25, 0.3) is 0 Å². The van der Waals surface area contributed by atoms with Gasteiger partial charge in [0.2, 0.25) is 5.91 Å². The third-order valence-electron chi connectivity index (χ3n) is 1.95. The van der Waals surface area contributed by atoms with Gasteiger partial charge in [-0.1, -0.05) is 20.8 Å². The molecule has 0 saturated heterocycles. The van der Waals surface area contributed by atoms with Gasteiger partial charge in [-0.05, 0) is 23.6 Å². The Morgan fingerprint density at radius 3 is 2.12 bits per heavy atom. The summed E-state index contributed by atoms with van der Waals surface area (Å²) in [5.41, 5.74) is 13.0. The molecule has 5 N–H and O–H groups in total. The highest BCUT2D eigenvalue weighted by Gasteiger charge is 2.15. The highest BCUT2D eigenvalue weighted by Crippen LogP contribution is 2.21. The largest absolute Gasteiger partial charge is 0.399 e. The van der Waals surface area contributed by atoms with Crippen LogP contribution < -0.4 is 16.8 Å². The smallest absolute Gasteiger partial charge is 0.224 e. The van der Waals surface area contributed by atoms with E-state index in [1.807, 2.05) is 20.8 Å². The Balaban J connectivity index is 2.70. The number of rotatable bonds is 2. The molecule has 0 atom stereocenters. The Hall–Kier alpha value is -1.71. The summed E-state index contributed by atoms with van der Waals surface area (Å²) in [5, 5.41) is 2.78. The summed E-state index contributed by atoms with van der Waals surface area (Å²) < 4.78 is 0. The van der Waals surface area contributed by atoms with Crippen LogP contribution in [-0.4, -0.2) is 5.91 Å². The SMILES string of the molecule is CC(C)(C)CC(=O)Nc1cc(N)cc(N)c1. The van der Waals surface area contributed by atoms with E-state index in [0.29, 0.717) is 23.5 Å². The molecule has 16 heavy (non-hydrogen) atoms. The van der Waals surface area contributed by atoms with E-state index < -0.39 is 0 Å². The number of nitrogens with two attached hydrogens (primary N) is 2. The predicted octanol–water partition coefficient (Wildman–Crippen LogP) is 2.23. The minimum Gasteiger partial charge on any atom is -0.399 e. The fraction of sp³-hybridized carbons (Fsp3) is 0.417. The molecule has 0 aliphatic carbocycles. The Kier molecular flexibility index (Phi) is 3.42. The zero-order valence-corrected chi connectivity index (χ0v) is 10.0. The lowest BCUT2D eigenvalue weighted by molar-refractivity contribution is -0.117. The lowest BCUT2D eigenvalue weighted by atomic mass is 9.92. The van der Waals surface area contributed by atoms with Crippen molar-refractivity contribution < 1.29 is 4.79 Å². The molecule has 0 fully saturated rings. The summed E-state index contributed by atoms with van der Waals surface area (Å²) in [5.74, 6) is -0.0301. The van der Waals surface area contributed by atoms with E-state index in [4.69, 9.17) is 11.5 Å². The first kappa shape index (κ1) is 12.4. The predicted molar refractivity (Wildman–Crippen MR) is 68.0 cm³/mol. The molecular formula is C12H19N3O. The van der Waals surface area contributed by atoms with Gasteiger partial charge in [-0.3, -0.25) is 4.79 Å². The van der Waals surface area contributed by atoms with E-state index in [1.54, 1.807) is 18.2 Å². The maximum Gasteiger partial charge on any atom is 0.224 e. The molecule has 0 aliphatic heterocycles. The fourth-order valence-corrected chi connectivity index (χ4v) is 1.44. The molecule has 0 saturated carbocycles. The number of amides is 1. The Morgan fingerprint density at radius 1 is 1.19 bits per heavy atom. The van der Waals surface area contributed by atoms with Gasteiger partial charge in [0.15, 0.2) is 0 Å². The highest BCUT2D eigenvalue weighted by molar-refractivity contribution is 5.92. The number of benzene rings is 1. The average molecular weight is 221 g/mol. The number of hydrogen-bond donors (Lipinski definition) is 3. The van der Waals surface area contributed by atoms with Gasteiger partial charge < -0.3 is 16.8 Å². The number of carbonyl (C=O) groups is 1. The Bertz CT molecular complexity index is 373. The molecule has 0 heterocycles.